The highest BCUT2D eigenvalue weighted by Crippen LogP contribution is 2.22. The highest BCUT2D eigenvalue weighted by Gasteiger charge is 2.24. The smallest absolute Gasteiger partial charge is 0.409 e. The maximum absolute atomic E-state index is 11.8. The van der Waals surface area contributed by atoms with Gasteiger partial charge in [-0.2, -0.15) is 0 Å². The number of hydrogen-bond donors (Lipinski definition) is 1. The molecule has 8 heteroatoms. The summed E-state index contributed by atoms with van der Waals surface area (Å²) >= 11 is 0. The van der Waals surface area contributed by atoms with Crippen molar-refractivity contribution in [2.75, 3.05) is 38.2 Å². The van der Waals surface area contributed by atoms with Gasteiger partial charge in [-0.25, -0.2) is 9.78 Å². The fraction of sp³-hybridized carbons (Fsp3) is 0.611. The molecule has 2 aromatic rings. The van der Waals surface area contributed by atoms with Crippen LogP contribution in [-0.4, -0.2) is 64.5 Å². The first-order valence-electron chi connectivity index (χ1n) is 9.29. The number of piperidine rings is 1. The molecule has 2 aromatic heterocycles. The molecule has 0 unspecified atom stereocenters. The molecule has 1 aliphatic heterocycles. The lowest BCUT2D eigenvalue weighted by Gasteiger charge is -2.31. The molecule has 0 spiro atoms. The van der Waals surface area contributed by atoms with Gasteiger partial charge in [0.1, 0.15) is 0 Å². The number of nitrogens with one attached hydrogen (secondary N) is 1. The van der Waals surface area contributed by atoms with Gasteiger partial charge in [0, 0.05) is 38.5 Å². The maximum Gasteiger partial charge on any atom is 0.409 e. The van der Waals surface area contributed by atoms with Crippen LogP contribution in [0.15, 0.2) is 18.5 Å². The van der Waals surface area contributed by atoms with Crippen molar-refractivity contribution in [1.82, 2.24) is 19.4 Å². The summed E-state index contributed by atoms with van der Waals surface area (Å²) in [6.07, 6.45) is 5.10. The van der Waals surface area contributed by atoms with Crippen molar-refractivity contribution in [3.05, 3.63) is 18.5 Å². The first-order valence-corrected chi connectivity index (χ1v) is 9.29. The normalized spacial score (nSPS) is 15.4. The van der Waals surface area contributed by atoms with Gasteiger partial charge in [0.25, 0.3) is 0 Å². The second-order valence-electron chi connectivity index (χ2n) is 6.25. The summed E-state index contributed by atoms with van der Waals surface area (Å²) in [5.41, 5.74) is 1.92. The van der Waals surface area contributed by atoms with Crippen LogP contribution in [0.3, 0.4) is 0 Å². The monoisotopic (exact) mass is 361 g/mol. The summed E-state index contributed by atoms with van der Waals surface area (Å²) in [4.78, 5) is 22.5. The van der Waals surface area contributed by atoms with Crippen LogP contribution in [0.2, 0.25) is 0 Å². The molecule has 0 saturated carbocycles. The number of rotatable bonds is 7. The zero-order chi connectivity index (χ0) is 18.4. The van der Waals surface area contributed by atoms with E-state index in [4.69, 9.17) is 14.5 Å². The Balaban J connectivity index is 1.67. The van der Waals surface area contributed by atoms with E-state index in [1.54, 1.807) is 11.1 Å². The number of fused-ring (bicyclic) bond motifs is 1. The molecule has 1 N–H and O–H groups in total. The Kier molecular flexibility index (Phi) is 6.27. The third-order valence-electron chi connectivity index (χ3n) is 4.57. The van der Waals surface area contributed by atoms with Crippen LogP contribution in [0.4, 0.5) is 10.7 Å². The molecule has 0 bridgehead atoms. The first-order chi connectivity index (χ1) is 12.7. The molecule has 0 radical (unpaired) electrons. The fourth-order valence-corrected chi connectivity index (χ4v) is 3.21. The molecule has 0 atom stereocenters. The van der Waals surface area contributed by atoms with Crippen LogP contribution in [0, 0.1) is 0 Å². The molecule has 142 valence electrons. The van der Waals surface area contributed by atoms with E-state index in [9.17, 15) is 4.79 Å². The highest BCUT2D eigenvalue weighted by atomic mass is 16.6. The van der Waals surface area contributed by atoms with Crippen LogP contribution in [-0.2, 0) is 16.0 Å². The van der Waals surface area contributed by atoms with Crippen molar-refractivity contribution < 1.29 is 14.3 Å². The zero-order valence-electron chi connectivity index (χ0n) is 15.5. The number of imidazole rings is 1. The molecule has 0 aromatic carbocycles. The van der Waals surface area contributed by atoms with E-state index in [1.807, 2.05) is 26.1 Å². The average Bonchev–Trinajstić information content (AvgIpc) is 3.00. The Labute approximate surface area is 153 Å². The lowest BCUT2D eigenvalue weighted by atomic mass is 10.1. The summed E-state index contributed by atoms with van der Waals surface area (Å²) < 4.78 is 12.7. The number of likely N-dealkylation sites (tertiary alicyclic amines) is 1. The molecule has 3 rings (SSSR count). The van der Waals surface area contributed by atoms with E-state index in [0.29, 0.717) is 32.9 Å². The fourth-order valence-electron chi connectivity index (χ4n) is 3.21. The van der Waals surface area contributed by atoms with E-state index in [0.717, 1.165) is 36.4 Å². The Morgan fingerprint density at radius 2 is 2.12 bits per heavy atom. The number of aromatic nitrogens is 3. The van der Waals surface area contributed by atoms with Gasteiger partial charge < -0.3 is 24.3 Å². The summed E-state index contributed by atoms with van der Waals surface area (Å²) in [6.45, 7) is 7.66. The minimum atomic E-state index is -0.221. The maximum atomic E-state index is 11.8. The summed E-state index contributed by atoms with van der Waals surface area (Å²) in [5.74, 6) is 0.835. The summed E-state index contributed by atoms with van der Waals surface area (Å²) in [6, 6.07) is 2.19. The third-order valence-corrected chi connectivity index (χ3v) is 4.57. The number of carbonyl (C=O) groups is 1. The number of anilines is 1. The van der Waals surface area contributed by atoms with Gasteiger partial charge in [-0.1, -0.05) is 0 Å². The lowest BCUT2D eigenvalue weighted by Crippen LogP contribution is -2.43. The molecule has 1 aliphatic rings. The van der Waals surface area contributed by atoms with Crippen molar-refractivity contribution in [3.63, 3.8) is 0 Å². The first kappa shape index (κ1) is 18.4. The molecule has 1 fully saturated rings. The third kappa shape index (κ3) is 4.24. The van der Waals surface area contributed by atoms with Crippen LogP contribution in [0.25, 0.3) is 11.0 Å². The summed E-state index contributed by atoms with van der Waals surface area (Å²) in [7, 11) is 0. The Morgan fingerprint density at radius 1 is 1.31 bits per heavy atom. The van der Waals surface area contributed by atoms with Crippen LogP contribution >= 0.6 is 0 Å². The van der Waals surface area contributed by atoms with Crippen molar-refractivity contribution in [3.8, 4) is 0 Å². The van der Waals surface area contributed by atoms with Crippen molar-refractivity contribution >= 4 is 23.1 Å². The number of hydrogen-bond acceptors (Lipinski definition) is 6. The molecule has 8 nitrogen and oxygen atoms in total. The molecule has 1 saturated heterocycles. The average molecular weight is 361 g/mol. The Hall–Kier alpha value is -2.35. The zero-order valence-corrected chi connectivity index (χ0v) is 15.5. The number of nitrogens with zero attached hydrogens (tertiary/aromatic N) is 4. The second kappa shape index (κ2) is 8.84. The lowest BCUT2D eigenvalue weighted by molar-refractivity contribution is 0.0982. The van der Waals surface area contributed by atoms with Gasteiger partial charge in [0.2, 0.25) is 5.95 Å². The largest absolute Gasteiger partial charge is 0.450 e. The van der Waals surface area contributed by atoms with E-state index in [-0.39, 0.29) is 12.1 Å². The topological polar surface area (TPSA) is 81.5 Å². The summed E-state index contributed by atoms with van der Waals surface area (Å²) in [5, 5.41) is 3.55. The molecule has 1 amide bonds. The van der Waals surface area contributed by atoms with Crippen molar-refractivity contribution in [2.45, 2.75) is 39.3 Å². The Morgan fingerprint density at radius 3 is 2.85 bits per heavy atom. The predicted octanol–water partition coefficient (Wildman–Crippen LogP) is 2.50. The number of pyridine rings is 1. The van der Waals surface area contributed by atoms with E-state index >= 15 is 0 Å². The second-order valence-corrected chi connectivity index (χ2v) is 6.25. The minimum Gasteiger partial charge on any atom is -0.450 e. The highest BCUT2D eigenvalue weighted by molar-refractivity contribution is 5.77. The molecule has 3 heterocycles. The SMILES string of the molecule is CCOCCn1c(NC2CCN(C(=O)OCC)CC2)nc2ccncc21. The van der Waals surface area contributed by atoms with Crippen LogP contribution < -0.4 is 5.32 Å². The van der Waals surface area contributed by atoms with E-state index in [2.05, 4.69) is 14.9 Å². The number of ether oxygens (including phenoxy) is 2. The van der Waals surface area contributed by atoms with Gasteiger partial charge in [-0.05, 0) is 32.8 Å². The van der Waals surface area contributed by atoms with Gasteiger partial charge in [-0.3, -0.25) is 4.98 Å². The molecular formula is C18H27N5O3. The van der Waals surface area contributed by atoms with Crippen molar-refractivity contribution in [2.24, 2.45) is 0 Å². The van der Waals surface area contributed by atoms with Crippen LogP contribution in [0.5, 0.6) is 0 Å². The number of amides is 1. The Bertz CT molecular complexity index is 725. The molecular weight excluding hydrogens is 334 g/mol. The van der Waals surface area contributed by atoms with E-state index in [1.165, 1.54) is 0 Å². The van der Waals surface area contributed by atoms with Crippen LogP contribution in [0.1, 0.15) is 26.7 Å². The minimum absolute atomic E-state index is 0.221. The standard InChI is InChI=1S/C18H27N5O3/c1-3-25-12-11-23-16-13-19-8-5-15(16)21-17(23)20-14-6-9-22(10-7-14)18(24)26-4-2/h5,8,13-14H,3-4,6-7,9-12H2,1-2H3,(H,20,21). The van der Waals surface area contributed by atoms with Gasteiger partial charge in [-0.15, -0.1) is 0 Å². The molecule has 0 aliphatic carbocycles. The predicted molar refractivity (Wildman–Crippen MR) is 99.3 cm³/mol. The quantitative estimate of drug-likeness (QED) is 0.763. The van der Waals surface area contributed by atoms with Crippen molar-refractivity contribution in [1.29, 1.82) is 0 Å². The van der Waals surface area contributed by atoms with Gasteiger partial charge in [0.05, 0.1) is 30.4 Å². The molecule has 26 heavy (non-hydrogen) atoms. The van der Waals surface area contributed by atoms with E-state index < -0.39 is 0 Å². The van der Waals surface area contributed by atoms with Gasteiger partial charge in [0.15, 0.2) is 0 Å². The van der Waals surface area contributed by atoms with Gasteiger partial charge >= 0.3 is 6.09 Å². The number of carbonyl (C=O) groups excluding carboxylic acids is 1.